The summed E-state index contributed by atoms with van der Waals surface area (Å²) >= 11 is 0. The molecule has 47 heavy (non-hydrogen) atoms. The van der Waals surface area contributed by atoms with E-state index in [-0.39, 0.29) is 38.6 Å². The molecule has 2 atom stereocenters. The van der Waals surface area contributed by atoms with Crippen molar-refractivity contribution in [3.63, 3.8) is 0 Å². The summed E-state index contributed by atoms with van der Waals surface area (Å²) in [6.45, 7) is 3.69. The number of carbonyl (C=O) groups excluding carboxylic acids is 2. The van der Waals surface area contributed by atoms with Crippen LogP contribution in [0.1, 0.15) is 181 Å². The molecular formula is C37H72NO8P. The Morgan fingerprint density at radius 3 is 1.57 bits per heavy atom. The average molecular weight is 690 g/mol. The zero-order valence-corrected chi connectivity index (χ0v) is 31.2. The van der Waals surface area contributed by atoms with Gasteiger partial charge in [0.1, 0.15) is 6.61 Å². The molecule has 0 aromatic carbocycles. The Morgan fingerprint density at radius 1 is 0.617 bits per heavy atom. The third-order valence-corrected chi connectivity index (χ3v) is 9.14. The van der Waals surface area contributed by atoms with Crippen LogP contribution in [0.25, 0.3) is 0 Å². The highest BCUT2D eigenvalue weighted by molar-refractivity contribution is 7.47. The van der Waals surface area contributed by atoms with Crippen LogP contribution in [-0.2, 0) is 32.7 Å². The van der Waals surface area contributed by atoms with Crippen LogP contribution in [0.4, 0.5) is 0 Å². The van der Waals surface area contributed by atoms with Crippen molar-refractivity contribution in [1.82, 2.24) is 0 Å². The molecule has 0 spiro atoms. The van der Waals surface area contributed by atoms with Gasteiger partial charge in [-0.25, -0.2) is 4.57 Å². The topological polar surface area (TPSA) is 134 Å². The van der Waals surface area contributed by atoms with Gasteiger partial charge in [0.2, 0.25) is 0 Å². The highest BCUT2D eigenvalue weighted by Crippen LogP contribution is 2.43. The second kappa shape index (κ2) is 34.6. The van der Waals surface area contributed by atoms with Crippen LogP contribution < -0.4 is 5.73 Å². The predicted octanol–water partition coefficient (Wildman–Crippen LogP) is 10.3. The number of unbranched alkanes of at least 4 members (excludes halogenated alkanes) is 21. The van der Waals surface area contributed by atoms with Gasteiger partial charge in [-0.15, -0.1) is 0 Å². The molecule has 278 valence electrons. The molecule has 0 aliphatic rings. The molecule has 0 heterocycles. The Kier molecular flexibility index (Phi) is 33.7. The third-order valence-electron chi connectivity index (χ3n) is 8.15. The second-order valence-corrected chi connectivity index (χ2v) is 14.3. The number of hydrogen-bond donors (Lipinski definition) is 2. The fourth-order valence-electron chi connectivity index (χ4n) is 5.26. The molecule has 0 bridgehead atoms. The van der Waals surface area contributed by atoms with Crippen LogP contribution in [-0.4, -0.2) is 49.3 Å². The van der Waals surface area contributed by atoms with E-state index >= 15 is 0 Å². The number of esters is 2. The molecule has 0 saturated carbocycles. The second-order valence-electron chi connectivity index (χ2n) is 12.8. The Bertz CT molecular complexity index is 794. The van der Waals surface area contributed by atoms with Gasteiger partial charge in [0.25, 0.3) is 0 Å². The molecule has 0 rings (SSSR count). The largest absolute Gasteiger partial charge is 0.472 e. The quantitative estimate of drug-likeness (QED) is 0.0285. The average Bonchev–Trinajstić information content (AvgIpc) is 3.05. The summed E-state index contributed by atoms with van der Waals surface area (Å²) in [5.41, 5.74) is 5.33. The van der Waals surface area contributed by atoms with E-state index in [2.05, 4.69) is 26.0 Å². The minimum atomic E-state index is -4.36. The van der Waals surface area contributed by atoms with Crippen molar-refractivity contribution in [1.29, 1.82) is 0 Å². The lowest BCUT2D eigenvalue weighted by molar-refractivity contribution is -0.161. The summed E-state index contributed by atoms with van der Waals surface area (Å²) in [4.78, 5) is 34.7. The number of carbonyl (C=O) groups is 2. The van der Waals surface area contributed by atoms with Crippen molar-refractivity contribution in [3.8, 4) is 0 Å². The molecule has 0 saturated heterocycles. The van der Waals surface area contributed by atoms with Crippen molar-refractivity contribution in [3.05, 3.63) is 12.2 Å². The van der Waals surface area contributed by atoms with E-state index in [1.54, 1.807) is 0 Å². The van der Waals surface area contributed by atoms with Gasteiger partial charge in [0.05, 0.1) is 13.2 Å². The van der Waals surface area contributed by atoms with Gasteiger partial charge in [-0.3, -0.25) is 18.6 Å². The van der Waals surface area contributed by atoms with Crippen molar-refractivity contribution in [2.45, 2.75) is 187 Å². The fraction of sp³-hybridized carbons (Fsp3) is 0.892. The first-order valence-electron chi connectivity index (χ1n) is 19.2. The number of ether oxygens (including phenoxy) is 2. The highest BCUT2D eigenvalue weighted by Gasteiger charge is 2.25. The first-order valence-corrected chi connectivity index (χ1v) is 20.7. The Morgan fingerprint density at radius 2 is 1.06 bits per heavy atom. The number of phosphoric acid groups is 1. The van der Waals surface area contributed by atoms with Crippen LogP contribution in [0.2, 0.25) is 0 Å². The van der Waals surface area contributed by atoms with Gasteiger partial charge in [-0.1, -0.05) is 148 Å². The van der Waals surface area contributed by atoms with Crippen molar-refractivity contribution < 1.29 is 37.6 Å². The van der Waals surface area contributed by atoms with Crippen LogP contribution in [0, 0.1) is 0 Å². The summed E-state index contributed by atoms with van der Waals surface area (Å²) in [6.07, 6.45) is 32.4. The minimum Gasteiger partial charge on any atom is -0.462 e. The maximum absolute atomic E-state index is 12.5. The third kappa shape index (κ3) is 34.4. The van der Waals surface area contributed by atoms with E-state index in [0.717, 1.165) is 57.8 Å². The van der Waals surface area contributed by atoms with E-state index in [1.807, 2.05) is 0 Å². The molecule has 0 amide bonds. The molecule has 2 unspecified atom stereocenters. The summed E-state index contributed by atoms with van der Waals surface area (Å²) in [7, 11) is -4.36. The predicted molar refractivity (Wildman–Crippen MR) is 192 cm³/mol. The van der Waals surface area contributed by atoms with Crippen LogP contribution >= 0.6 is 7.82 Å². The highest BCUT2D eigenvalue weighted by atomic mass is 31.2. The Hall–Kier alpha value is -1.25. The van der Waals surface area contributed by atoms with Gasteiger partial charge in [0, 0.05) is 19.4 Å². The zero-order chi connectivity index (χ0) is 34.7. The number of hydrogen-bond acceptors (Lipinski definition) is 8. The van der Waals surface area contributed by atoms with Crippen molar-refractivity contribution in [2.24, 2.45) is 5.73 Å². The van der Waals surface area contributed by atoms with E-state index in [0.29, 0.717) is 6.42 Å². The molecule has 0 fully saturated rings. The van der Waals surface area contributed by atoms with E-state index in [9.17, 15) is 19.0 Å². The first kappa shape index (κ1) is 45.8. The van der Waals surface area contributed by atoms with Crippen LogP contribution in [0.5, 0.6) is 0 Å². The van der Waals surface area contributed by atoms with Gasteiger partial charge in [0.15, 0.2) is 6.10 Å². The molecule has 0 aromatic heterocycles. The Labute approximate surface area is 288 Å². The normalized spacial score (nSPS) is 13.5. The maximum Gasteiger partial charge on any atom is 0.472 e. The molecule has 10 heteroatoms. The molecule has 0 aromatic rings. The molecule has 0 aliphatic carbocycles. The van der Waals surface area contributed by atoms with Crippen LogP contribution in [0.15, 0.2) is 12.2 Å². The molecule has 0 radical (unpaired) electrons. The lowest BCUT2D eigenvalue weighted by Gasteiger charge is -2.19. The molecule has 0 aliphatic heterocycles. The van der Waals surface area contributed by atoms with Crippen molar-refractivity contribution in [2.75, 3.05) is 26.4 Å². The summed E-state index contributed by atoms with van der Waals surface area (Å²) in [6, 6.07) is 0. The van der Waals surface area contributed by atoms with Gasteiger partial charge >= 0.3 is 19.8 Å². The lowest BCUT2D eigenvalue weighted by atomic mass is 10.0. The monoisotopic (exact) mass is 689 g/mol. The standard InChI is InChI=1S/C37H72NO8P/c1-3-5-7-9-11-13-15-16-17-18-20-22-24-26-28-30-37(40)46-35(34-45-47(41,42)44-32-31-38)33-43-36(39)29-27-25-23-21-19-14-12-10-8-6-4-2/h10,12,35H,3-9,11,13-34,38H2,1-2H3,(H,41,42). The fourth-order valence-corrected chi connectivity index (χ4v) is 6.03. The number of rotatable bonds is 36. The van der Waals surface area contributed by atoms with Gasteiger partial charge in [-0.05, 0) is 32.1 Å². The minimum absolute atomic E-state index is 0.0548. The van der Waals surface area contributed by atoms with Crippen LogP contribution in [0.3, 0.4) is 0 Å². The number of nitrogens with two attached hydrogens (primary N) is 1. The smallest absolute Gasteiger partial charge is 0.462 e. The summed E-state index contributed by atoms with van der Waals surface area (Å²) < 4.78 is 32.6. The van der Waals surface area contributed by atoms with E-state index in [1.165, 1.54) is 89.9 Å². The molecule has 3 N–H and O–H groups in total. The molecule has 9 nitrogen and oxygen atoms in total. The number of allylic oxidation sites excluding steroid dienone is 2. The van der Waals surface area contributed by atoms with Gasteiger partial charge < -0.3 is 20.1 Å². The van der Waals surface area contributed by atoms with E-state index < -0.39 is 26.5 Å². The zero-order valence-electron chi connectivity index (χ0n) is 30.3. The SMILES string of the molecule is CCCCC=CCCCCCCCC(=O)OCC(COP(=O)(O)OCCN)OC(=O)CCCCCCCCCCCCCCCCC. The maximum atomic E-state index is 12.5. The van der Waals surface area contributed by atoms with Gasteiger partial charge in [-0.2, -0.15) is 0 Å². The summed E-state index contributed by atoms with van der Waals surface area (Å²) in [5, 5.41) is 0. The summed E-state index contributed by atoms with van der Waals surface area (Å²) in [5.74, 6) is -0.834. The number of phosphoric ester groups is 1. The Balaban J connectivity index is 4.20. The molecular weight excluding hydrogens is 617 g/mol. The van der Waals surface area contributed by atoms with Crippen molar-refractivity contribution >= 4 is 19.8 Å². The van der Waals surface area contributed by atoms with E-state index in [4.69, 9.17) is 24.3 Å². The first-order chi connectivity index (χ1) is 22.8. The lowest BCUT2D eigenvalue weighted by Crippen LogP contribution is -2.29.